The Labute approximate surface area is 286 Å². The smallest absolute Gasteiger partial charge is 0.257 e. The number of nitrogen functional groups attached to an aromatic ring is 1. The van der Waals surface area contributed by atoms with Crippen LogP contribution in [0.2, 0.25) is 0 Å². The van der Waals surface area contributed by atoms with Gasteiger partial charge in [-0.15, -0.1) is 12.4 Å². The molecule has 254 valence electrons. The average Bonchev–Trinajstić information content (AvgIpc) is 3.06. The molecule has 0 aliphatic heterocycles. The number of amidine groups is 1. The third-order valence-electron chi connectivity index (χ3n) is 6.78. The lowest BCUT2D eigenvalue weighted by molar-refractivity contribution is -0.122. The number of phenolic OH excluding ortho intramolecular Hbond substituents is 1. The first-order chi connectivity index (χ1) is 22.5. The van der Waals surface area contributed by atoms with Crippen LogP contribution in [0.15, 0.2) is 84.9 Å². The topological polar surface area (TPSA) is 176 Å². The number of nitrogens with one attached hydrogen (secondary N) is 4. The van der Waals surface area contributed by atoms with Crippen LogP contribution in [0.25, 0.3) is 0 Å². The number of hydrogen-bond acceptors (Lipinski definition) is 7. The summed E-state index contributed by atoms with van der Waals surface area (Å²) in [7, 11) is 1.50. The molecule has 0 aliphatic rings. The highest BCUT2D eigenvalue weighted by molar-refractivity contribution is 5.96. The molecule has 0 aliphatic carbocycles. The number of ether oxygens (including phenoxy) is 2. The molecule has 4 aromatic rings. The lowest BCUT2D eigenvalue weighted by Gasteiger charge is -2.14. The summed E-state index contributed by atoms with van der Waals surface area (Å²) in [5.74, 6) is 0.315. The minimum Gasteiger partial charge on any atom is -0.508 e. The molecule has 0 saturated heterocycles. The molecule has 0 fully saturated rings. The number of hydrogen-bond donors (Lipinski definition) is 6. The highest BCUT2D eigenvalue weighted by Crippen LogP contribution is 2.22. The lowest BCUT2D eigenvalue weighted by Crippen LogP contribution is -2.26. The van der Waals surface area contributed by atoms with Gasteiger partial charge in [0.2, 0.25) is 0 Å². The van der Waals surface area contributed by atoms with E-state index in [4.69, 9.17) is 20.6 Å². The number of carbonyl (C=O) groups is 3. The molecule has 11 nitrogen and oxygen atoms in total. The number of likely N-dealkylation sites (N-methyl/N-ethyl adjacent to an activating group) is 1. The second-order valence-electron chi connectivity index (χ2n) is 10.5. The van der Waals surface area contributed by atoms with Gasteiger partial charge in [-0.2, -0.15) is 0 Å². The van der Waals surface area contributed by atoms with Crippen LogP contribution in [0, 0.1) is 19.3 Å². The van der Waals surface area contributed by atoms with Gasteiger partial charge in [0.25, 0.3) is 17.7 Å². The van der Waals surface area contributed by atoms with Gasteiger partial charge in [0.15, 0.2) is 6.61 Å². The van der Waals surface area contributed by atoms with Crippen LogP contribution < -0.4 is 31.2 Å². The fourth-order valence-electron chi connectivity index (χ4n) is 4.35. The molecule has 0 radical (unpaired) electrons. The van der Waals surface area contributed by atoms with E-state index in [1.807, 2.05) is 50.2 Å². The average molecular weight is 676 g/mol. The molecule has 12 heteroatoms. The Morgan fingerprint density at radius 3 is 1.94 bits per heavy atom. The van der Waals surface area contributed by atoms with Crippen molar-refractivity contribution in [1.82, 2.24) is 16.0 Å². The van der Waals surface area contributed by atoms with Crippen LogP contribution in [0.4, 0.5) is 0 Å². The first-order valence-corrected chi connectivity index (χ1v) is 15.0. The number of carbonyl (C=O) groups excluding carboxylic acids is 3. The zero-order chi connectivity index (χ0) is 34.3. The van der Waals surface area contributed by atoms with Crippen molar-refractivity contribution in [2.45, 2.75) is 33.9 Å². The molecular formula is C36H42ClN5O6. The van der Waals surface area contributed by atoms with Gasteiger partial charge in [-0.05, 0) is 74.4 Å². The molecule has 0 aromatic heterocycles. The monoisotopic (exact) mass is 675 g/mol. The van der Waals surface area contributed by atoms with E-state index in [1.54, 1.807) is 49.4 Å². The summed E-state index contributed by atoms with van der Waals surface area (Å²) in [6.07, 6.45) is 0. The Balaban J connectivity index is 0.000000340. The summed E-state index contributed by atoms with van der Waals surface area (Å²) in [5, 5.41) is 25.3. The number of aromatic hydroxyl groups is 1. The van der Waals surface area contributed by atoms with Crippen molar-refractivity contribution >= 4 is 36.0 Å². The minimum absolute atomic E-state index is 0. The molecule has 48 heavy (non-hydrogen) atoms. The van der Waals surface area contributed by atoms with Gasteiger partial charge in [-0.3, -0.25) is 19.8 Å². The number of phenols is 1. The predicted octanol–water partition coefficient (Wildman–Crippen LogP) is 4.79. The lowest BCUT2D eigenvalue weighted by atomic mass is 10.1. The van der Waals surface area contributed by atoms with Crippen molar-refractivity contribution in [1.29, 1.82) is 5.41 Å². The largest absolute Gasteiger partial charge is 0.508 e. The third-order valence-corrected chi connectivity index (χ3v) is 6.78. The fraction of sp³-hybridized carbons (Fsp3) is 0.222. The van der Waals surface area contributed by atoms with E-state index in [0.717, 1.165) is 22.4 Å². The van der Waals surface area contributed by atoms with Gasteiger partial charge in [-0.1, -0.05) is 42.5 Å². The molecule has 4 aromatic carbocycles. The maximum atomic E-state index is 12.3. The van der Waals surface area contributed by atoms with Crippen molar-refractivity contribution < 1.29 is 29.0 Å². The van der Waals surface area contributed by atoms with E-state index in [0.29, 0.717) is 41.2 Å². The molecular weight excluding hydrogens is 634 g/mol. The second kappa shape index (κ2) is 19.2. The summed E-state index contributed by atoms with van der Waals surface area (Å²) in [6, 6.07) is 24.7. The standard InChI is InChI=1S/C19H22N4O4.C17H19NO2.ClH/c1-11-5-14(7-15(24)6-11)19(26)23-9-13-4-3-12(18(20)21)8-16(13)27-10-17(25)22-2;1-3-20-16-11-13(2)9-10-15(16)12-18-17(19)14-7-5-4-6-8-14;/h3-8,24H,9-10H2,1-2H3,(H3,20,21)(H,22,25)(H,23,26);4-11H,3,12H2,1-2H3,(H,18,19);1H. The number of rotatable bonds is 12. The summed E-state index contributed by atoms with van der Waals surface area (Å²) in [5.41, 5.74) is 10.5. The van der Waals surface area contributed by atoms with Crippen LogP contribution in [0.1, 0.15) is 55.5 Å². The summed E-state index contributed by atoms with van der Waals surface area (Å²) < 4.78 is 11.1. The van der Waals surface area contributed by atoms with Crippen LogP contribution in [-0.2, 0) is 17.9 Å². The number of halogens is 1. The molecule has 0 saturated carbocycles. The van der Waals surface area contributed by atoms with Crippen molar-refractivity contribution in [3.8, 4) is 17.2 Å². The maximum Gasteiger partial charge on any atom is 0.257 e. The summed E-state index contributed by atoms with van der Waals surface area (Å²) in [4.78, 5) is 35.8. The Bertz CT molecular complexity index is 1690. The predicted molar refractivity (Wildman–Crippen MR) is 188 cm³/mol. The molecule has 0 bridgehead atoms. The van der Waals surface area contributed by atoms with Crippen molar-refractivity contribution in [2.24, 2.45) is 5.73 Å². The van der Waals surface area contributed by atoms with Gasteiger partial charge in [-0.25, -0.2) is 0 Å². The van der Waals surface area contributed by atoms with Gasteiger partial charge in [0.1, 0.15) is 23.1 Å². The maximum absolute atomic E-state index is 12.3. The minimum atomic E-state index is -0.359. The third kappa shape index (κ3) is 12.0. The van der Waals surface area contributed by atoms with Gasteiger partial charge < -0.3 is 36.3 Å². The molecule has 4 rings (SSSR count). The number of aryl methyl sites for hydroxylation is 2. The van der Waals surface area contributed by atoms with Gasteiger partial charge in [0, 0.05) is 48.0 Å². The SMILES string of the molecule is CCOc1cc(C)ccc1CNC(=O)c1ccccc1.CNC(=O)COc1cc(C(=N)N)ccc1CNC(=O)c1cc(C)cc(O)c1.Cl. The molecule has 7 N–H and O–H groups in total. The first kappa shape index (κ1) is 38.6. The van der Waals surface area contributed by atoms with E-state index in [9.17, 15) is 19.5 Å². The van der Waals surface area contributed by atoms with Gasteiger partial charge >= 0.3 is 0 Å². The number of nitrogens with two attached hydrogens (primary N) is 1. The van der Waals surface area contributed by atoms with Crippen molar-refractivity contribution in [2.75, 3.05) is 20.3 Å². The van der Waals surface area contributed by atoms with E-state index in [1.165, 1.54) is 13.1 Å². The summed E-state index contributed by atoms with van der Waals surface area (Å²) >= 11 is 0. The summed E-state index contributed by atoms with van der Waals surface area (Å²) in [6.45, 7) is 6.76. The molecule has 0 unspecified atom stereocenters. The Morgan fingerprint density at radius 1 is 0.750 bits per heavy atom. The zero-order valence-electron chi connectivity index (χ0n) is 27.4. The highest BCUT2D eigenvalue weighted by atomic mass is 35.5. The van der Waals surface area contributed by atoms with Crippen molar-refractivity contribution in [3.05, 3.63) is 124 Å². The van der Waals surface area contributed by atoms with Crippen LogP contribution in [0.3, 0.4) is 0 Å². The number of benzene rings is 4. The Hall–Kier alpha value is -5.55. The molecule has 0 spiro atoms. The second-order valence-corrected chi connectivity index (χ2v) is 10.5. The Morgan fingerprint density at radius 2 is 1.35 bits per heavy atom. The zero-order valence-corrected chi connectivity index (χ0v) is 28.2. The highest BCUT2D eigenvalue weighted by Gasteiger charge is 2.13. The van der Waals surface area contributed by atoms with Crippen LogP contribution in [-0.4, -0.2) is 48.9 Å². The van der Waals surface area contributed by atoms with Crippen LogP contribution in [0.5, 0.6) is 17.2 Å². The molecule has 0 heterocycles. The Kier molecular flexibility index (Phi) is 15.4. The number of amides is 3. The molecule has 3 amide bonds. The van der Waals surface area contributed by atoms with Crippen molar-refractivity contribution in [3.63, 3.8) is 0 Å². The fourth-order valence-corrected chi connectivity index (χ4v) is 4.35. The first-order valence-electron chi connectivity index (χ1n) is 15.0. The molecule has 0 atom stereocenters. The normalized spacial score (nSPS) is 9.92. The van der Waals surface area contributed by atoms with Gasteiger partial charge in [0.05, 0.1) is 6.61 Å². The van der Waals surface area contributed by atoms with Crippen LogP contribution >= 0.6 is 12.4 Å². The quantitative estimate of drug-likeness (QED) is 0.0924. The van der Waals surface area contributed by atoms with E-state index in [2.05, 4.69) is 16.0 Å². The van der Waals surface area contributed by atoms with E-state index < -0.39 is 0 Å². The van der Waals surface area contributed by atoms with E-state index in [-0.39, 0.29) is 54.9 Å². The van der Waals surface area contributed by atoms with E-state index >= 15 is 0 Å².